The summed E-state index contributed by atoms with van der Waals surface area (Å²) in [5, 5.41) is 11.8. The smallest absolute Gasteiger partial charge is 0.260 e. The second-order valence-corrected chi connectivity index (χ2v) is 9.24. The summed E-state index contributed by atoms with van der Waals surface area (Å²) < 4.78 is 0. The van der Waals surface area contributed by atoms with E-state index < -0.39 is 23.8 Å². The molecule has 42 heavy (non-hydrogen) atoms. The normalized spacial score (nSPS) is 11.4. The van der Waals surface area contributed by atoms with Crippen molar-refractivity contribution >= 4 is 52.5 Å². The molecule has 0 saturated carbocycles. The monoisotopic (exact) mass is 573 g/mol. The minimum Gasteiger partial charge on any atom is -0.369 e. The topological polar surface area (TPSA) is 197 Å². The van der Waals surface area contributed by atoms with Crippen LogP contribution in [0, 0.1) is 0 Å². The number of carbonyl (C=O) groups is 4. The fourth-order valence-electron chi connectivity index (χ4n) is 3.61. The molecule has 1 atom stereocenters. The first-order valence-corrected chi connectivity index (χ1v) is 13.3. The molecule has 8 N–H and O–H groups in total. The first-order valence-electron chi connectivity index (χ1n) is 13.3. The van der Waals surface area contributed by atoms with Crippen molar-refractivity contribution in [3.05, 3.63) is 78.0 Å². The average Bonchev–Trinajstić information content (AvgIpc) is 2.98. The van der Waals surface area contributed by atoms with Crippen LogP contribution in [0.4, 0.5) is 28.8 Å². The Bertz CT molecular complexity index is 1460. The number of likely N-dealkylation sites (N-methyl/N-ethyl adjacent to an activating group) is 1. The molecule has 0 saturated heterocycles. The Morgan fingerprint density at radius 2 is 1.71 bits per heavy atom. The van der Waals surface area contributed by atoms with Crippen LogP contribution in [0.25, 0.3) is 0 Å². The summed E-state index contributed by atoms with van der Waals surface area (Å²) in [6.45, 7) is 4.38. The van der Waals surface area contributed by atoms with Crippen LogP contribution >= 0.6 is 0 Å². The van der Waals surface area contributed by atoms with Crippen molar-refractivity contribution in [3.8, 4) is 0 Å². The van der Waals surface area contributed by atoms with E-state index in [1.54, 1.807) is 55.5 Å². The highest BCUT2D eigenvalue weighted by Crippen LogP contribution is 2.21. The van der Waals surface area contributed by atoms with Gasteiger partial charge in [0.25, 0.3) is 5.91 Å². The number of rotatable bonds is 13. The molecule has 0 spiro atoms. The van der Waals surface area contributed by atoms with Crippen LogP contribution < -0.4 is 32.7 Å². The van der Waals surface area contributed by atoms with Crippen LogP contribution in [0.2, 0.25) is 0 Å². The number of aromatic nitrogens is 2. The lowest BCUT2D eigenvalue weighted by molar-refractivity contribution is -0.132. The summed E-state index contributed by atoms with van der Waals surface area (Å²) in [4.78, 5) is 59.5. The molecule has 0 aliphatic heterocycles. The molecule has 0 bridgehead atoms. The molecule has 0 aliphatic rings. The standard InChI is InChI=1S/C29H35N9O4/c1-4-15-32-26-23(17-33-29(37-26)36-20-12-10-19(11-13-20)25(31)40)28(42)35-22-8-5-7-21(16-22)34-27(41)18(2)38(3)24(39)9-6-14-30/h5-13,16-18H,4,14-15,30H2,1-3H3,(H2,31,40)(H,34,41)(H,35,42)(H2,32,33,36,37)/t18-/m0/s1. The molecule has 2 aromatic carbocycles. The Hall–Kier alpha value is -5.30. The minimum atomic E-state index is -0.754. The minimum absolute atomic E-state index is 0.215. The van der Waals surface area contributed by atoms with Crippen LogP contribution in [0.5, 0.6) is 0 Å². The number of nitrogens with zero attached hydrogens (tertiary/aromatic N) is 3. The van der Waals surface area contributed by atoms with Crippen LogP contribution in [0.1, 0.15) is 41.0 Å². The van der Waals surface area contributed by atoms with Gasteiger partial charge in [0, 0.05) is 55.0 Å². The molecule has 3 rings (SSSR count). The molecule has 1 heterocycles. The summed E-state index contributed by atoms with van der Waals surface area (Å²) in [7, 11) is 1.52. The molecule has 220 valence electrons. The SMILES string of the molecule is CCCNc1nc(Nc2ccc(C(N)=O)cc2)ncc1C(=O)Nc1cccc(NC(=O)[C@H](C)N(C)C(=O)C=CCN)c1. The van der Waals surface area contributed by atoms with Crippen molar-refractivity contribution in [1.29, 1.82) is 0 Å². The predicted octanol–water partition coefficient (Wildman–Crippen LogP) is 2.69. The second kappa shape index (κ2) is 14.9. The third-order valence-corrected chi connectivity index (χ3v) is 6.09. The lowest BCUT2D eigenvalue weighted by Crippen LogP contribution is -2.42. The predicted molar refractivity (Wildman–Crippen MR) is 163 cm³/mol. The van der Waals surface area contributed by atoms with Gasteiger partial charge in [-0.25, -0.2) is 4.98 Å². The van der Waals surface area contributed by atoms with Gasteiger partial charge in [0.05, 0.1) is 0 Å². The van der Waals surface area contributed by atoms with E-state index >= 15 is 0 Å². The maximum Gasteiger partial charge on any atom is 0.260 e. The van der Waals surface area contributed by atoms with Gasteiger partial charge in [0.2, 0.25) is 23.7 Å². The number of anilines is 5. The largest absolute Gasteiger partial charge is 0.369 e. The van der Waals surface area contributed by atoms with Crippen LogP contribution in [-0.4, -0.2) is 64.7 Å². The molecule has 0 unspecified atom stereocenters. The first-order chi connectivity index (χ1) is 20.1. The van der Waals surface area contributed by atoms with Gasteiger partial charge in [0.1, 0.15) is 17.4 Å². The number of nitrogens with one attached hydrogen (secondary N) is 4. The fraction of sp³-hybridized carbons (Fsp3) is 0.241. The summed E-state index contributed by atoms with van der Waals surface area (Å²) in [6.07, 6.45) is 5.03. The number of amides is 4. The summed E-state index contributed by atoms with van der Waals surface area (Å²) >= 11 is 0. The van der Waals surface area contributed by atoms with E-state index in [2.05, 4.69) is 31.2 Å². The molecular weight excluding hydrogens is 538 g/mol. The molecule has 1 aromatic heterocycles. The Morgan fingerprint density at radius 1 is 1.02 bits per heavy atom. The van der Waals surface area contributed by atoms with E-state index in [0.29, 0.717) is 35.0 Å². The van der Waals surface area contributed by atoms with Crippen LogP contribution in [0.15, 0.2) is 66.9 Å². The number of hydrogen-bond donors (Lipinski definition) is 6. The van der Waals surface area contributed by atoms with Crippen molar-refractivity contribution in [2.24, 2.45) is 11.5 Å². The van der Waals surface area contributed by atoms with Gasteiger partial charge in [-0.1, -0.05) is 19.1 Å². The first kappa shape index (κ1) is 31.2. The van der Waals surface area contributed by atoms with E-state index in [9.17, 15) is 19.2 Å². The zero-order chi connectivity index (χ0) is 30.6. The highest BCUT2D eigenvalue weighted by atomic mass is 16.2. The highest BCUT2D eigenvalue weighted by molar-refractivity contribution is 6.08. The Kier molecular flexibility index (Phi) is 11.1. The van der Waals surface area contributed by atoms with Gasteiger partial charge >= 0.3 is 0 Å². The van der Waals surface area contributed by atoms with E-state index in [1.165, 1.54) is 30.3 Å². The molecular formula is C29H35N9O4. The van der Waals surface area contributed by atoms with E-state index in [-0.39, 0.29) is 24.0 Å². The fourth-order valence-corrected chi connectivity index (χ4v) is 3.61. The molecule has 3 aromatic rings. The van der Waals surface area contributed by atoms with E-state index in [4.69, 9.17) is 11.5 Å². The lowest BCUT2D eigenvalue weighted by Gasteiger charge is -2.23. The van der Waals surface area contributed by atoms with Crippen molar-refractivity contribution in [2.75, 3.05) is 41.4 Å². The zero-order valence-electron chi connectivity index (χ0n) is 23.7. The number of hydrogen-bond acceptors (Lipinski definition) is 9. The van der Waals surface area contributed by atoms with Gasteiger partial charge in [-0.05, 0) is 55.8 Å². The third kappa shape index (κ3) is 8.60. The van der Waals surface area contributed by atoms with Crippen LogP contribution in [-0.2, 0) is 9.59 Å². The Labute approximate surface area is 243 Å². The average molecular weight is 574 g/mol. The lowest BCUT2D eigenvalue weighted by atomic mass is 10.2. The Balaban J connectivity index is 1.72. The third-order valence-electron chi connectivity index (χ3n) is 6.09. The zero-order valence-corrected chi connectivity index (χ0v) is 23.7. The van der Waals surface area contributed by atoms with Crippen molar-refractivity contribution < 1.29 is 19.2 Å². The maximum absolute atomic E-state index is 13.2. The van der Waals surface area contributed by atoms with Gasteiger partial charge < -0.3 is 37.6 Å². The quantitative estimate of drug-likeness (QED) is 0.166. The summed E-state index contributed by atoms with van der Waals surface area (Å²) in [5.41, 5.74) is 12.8. The molecule has 0 aliphatic carbocycles. The van der Waals surface area contributed by atoms with Gasteiger partial charge in [-0.3, -0.25) is 19.2 Å². The molecule has 4 amide bonds. The maximum atomic E-state index is 13.2. The second-order valence-electron chi connectivity index (χ2n) is 9.24. The van der Waals surface area contributed by atoms with E-state index in [1.807, 2.05) is 6.92 Å². The number of benzene rings is 2. The van der Waals surface area contributed by atoms with Gasteiger partial charge in [-0.15, -0.1) is 0 Å². The molecule has 13 heteroatoms. The van der Waals surface area contributed by atoms with Crippen LogP contribution in [0.3, 0.4) is 0 Å². The Morgan fingerprint density at radius 3 is 2.36 bits per heavy atom. The van der Waals surface area contributed by atoms with E-state index in [0.717, 1.165) is 6.42 Å². The molecule has 0 fully saturated rings. The molecule has 13 nitrogen and oxygen atoms in total. The van der Waals surface area contributed by atoms with Crippen molar-refractivity contribution in [3.63, 3.8) is 0 Å². The molecule has 0 radical (unpaired) electrons. The number of nitrogens with two attached hydrogens (primary N) is 2. The number of carbonyl (C=O) groups excluding carboxylic acids is 4. The van der Waals surface area contributed by atoms with Gasteiger partial charge in [-0.2, -0.15) is 4.98 Å². The van der Waals surface area contributed by atoms with Crippen molar-refractivity contribution in [2.45, 2.75) is 26.3 Å². The van der Waals surface area contributed by atoms with Gasteiger partial charge in [0.15, 0.2) is 0 Å². The summed E-state index contributed by atoms with van der Waals surface area (Å²) in [6, 6.07) is 12.4. The highest BCUT2D eigenvalue weighted by Gasteiger charge is 2.21. The number of primary amides is 1. The van der Waals surface area contributed by atoms with Crippen molar-refractivity contribution in [1.82, 2.24) is 14.9 Å². The summed E-state index contributed by atoms with van der Waals surface area (Å²) in [5.74, 6) is -1.16.